The average Bonchev–Trinajstić information content (AvgIpc) is 2.79. The number of methoxy groups -OCH3 is 1. The molecule has 1 aliphatic carbocycles. The number of allylic oxidation sites excluding steroid dienone is 2. The molecule has 0 bridgehead atoms. The number of rotatable bonds is 8. The quantitative estimate of drug-likeness (QED) is 0.285. The molecule has 0 spiro atoms. The molecule has 0 fully saturated rings. The summed E-state index contributed by atoms with van der Waals surface area (Å²) in [6.45, 7) is 16.0. The highest BCUT2D eigenvalue weighted by Crippen LogP contribution is 2.52. The lowest BCUT2D eigenvalue weighted by molar-refractivity contribution is -0.112. The van der Waals surface area contributed by atoms with Crippen LogP contribution in [0.1, 0.15) is 64.0 Å². The van der Waals surface area contributed by atoms with Gasteiger partial charge in [0.1, 0.15) is 12.0 Å². The lowest BCUT2D eigenvalue weighted by atomic mass is 9.64. The number of benzene rings is 2. The summed E-state index contributed by atoms with van der Waals surface area (Å²) in [7, 11) is -0.392. The zero-order valence-electron chi connectivity index (χ0n) is 22.2. The lowest BCUT2D eigenvalue weighted by Gasteiger charge is -2.46. The van der Waals surface area contributed by atoms with Gasteiger partial charge in [0, 0.05) is 23.7 Å². The van der Waals surface area contributed by atoms with Gasteiger partial charge in [0.05, 0.1) is 12.9 Å². The number of ether oxygens (including phenoxy) is 1. The maximum Gasteiger partial charge on any atom is 0.250 e. The van der Waals surface area contributed by atoms with Crippen LogP contribution in [0.5, 0.6) is 5.75 Å². The van der Waals surface area contributed by atoms with Gasteiger partial charge in [-0.15, -0.1) is 0 Å². The van der Waals surface area contributed by atoms with Crippen molar-refractivity contribution in [3.8, 4) is 5.75 Å². The van der Waals surface area contributed by atoms with Gasteiger partial charge in [0.25, 0.3) is 0 Å². The zero-order chi connectivity index (χ0) is 25.1. The molecular weight excluding hydrogens is 436 g/mol. The zero-order valence-corrected chi connectivity index (χ0v) is 23.2. The van der Waals surface area contributed by atoms with Crippen molar-refractivity contribution in [1.82, 2.24) is 0 Å². The summed E-state index contributed by atoms with van der Waals surface area (Å²) >= 11 is 0. The normalized spacial score (nSPS) is 23.4. The molecule has 2 aromatic carbocycles. The summed E-state index contributed by atoms with van der Waals surface area (Å²) < 4.78 is 12.4. The first kappa shape index (κ1) is 26.3. The first-order valence-electron chi connectivity index (χ1n) is 12.5. The van der Waals surface area contributed by atoms with Gasteiger partial charge < -0.3 is 14.0 Å². The number of hydrogen-bond donors (Lipinski definition) is 0. The third-order valence-corrected chi connectivity index (χ3v) is 12.1. The fourth-order valence-corrected chi connectivity index (χ4v) is 5.97. The van der Waals surface area contributed by atoms with E-state index in [4.69, 9.17) is 9.16 Å². The van der Waals surface area contributed by atoms with E-state index in [0.717, 1.165) is 23.5 Å². The van der Waals surface area contributed by atoms with E-state index in [0.29, 0.717) is 5.92 Å². The molecule has 34 heavy (non-hydrogen) atoms. The van der Waals surface area contributed by atoms with Gasteiger partial charge >= 0.3 is 0 Å². The van der Waals surface area contributed by atoms with Crippen molar-refractivity contribution in [3.63, 3.8) is 0 Å². The summed E-state index contributed by atoms with van der Waals surface area (Å²) in [6.07, 6.45) is 4.44. The molecule has 0 saturated heterocycles. The summed E-state index contributed by atoms with van der Waals surface area (Å²) in [6, 6.07) is 18.7. The number of hydrogen-bond acceptors (Lipinski definition) is 3. The molecule has 4 heteroatoms. The van der Waals surface area contributed by atoms with E-state index in [2.05, 4.69) is 90.2 Å². The van der Waals surface area contributed by atoms with Crippen LogP contribution in [0, 0.1) is 17.8 Å². The van der Waals surface area contributed by atoms with Crippen LogP contribution in [-0.4, -0.2) is 21.7 Å². The Bertz CT molecular complexity index is 970. The molecule has 1 aliphatic rings. The molecule has 3 nitrogen and oxygen atoms in total. The molecule has 0 aliphatic heterocycles. The Kier molecular flexibility index (Phi) is 8.13. The highest BCUT2D eigenvalue weighted by molar-refractivity contribution is 6.74. The Balaban J connectivity index is 2.20. The molecule has 2 aromatic rings. The molecule has 4 atom stereocenters. The van der Waals surface area contributed by atoms with Crippen LogP contribution >= 0.6 is 0 Å². The molecule has 3 rings (SSSR count). The van der Waals surface area contributed by atoms with E-state index in [1.165, 1.54) is 11.8 Å². The highest BCUT2D eigenvalue weighted by Gasteiger charge is 2.46. The van der Waals surface area contributed by atoms with Crippen LogP contribution in [0.15, 0.2) is 66.4 Å². The minimum Gasteiger partial charge on any atom is -0.547 e. The average molecular weight is 479 g/mol. The van der Waals surface area contributed by atoms with E-state index in [1.54, 1.807) is 7.11 Å². The molecule has 0 amide bonds. The van der Waals surface area contributed by atoms with E-state index in [-0.39, 0.29) is 28.7 Å². The third kappa shape index (κ3) is 5.65. The van der Waals surface area contributed by atoms with Crippen LogP contribution in [0.2, 0.25) is 18.1 Å². The predicted molar refractivity (Wildman–Crippen MR) is 144 cm³/mol. The van der Waals surface area contributed by atoms with Crippen LogP contribution in [0.25, 0.3) is 0 Å². The minimum absolute atomic E-state index is 0.0446. The van der Waals surface area contributed by atoms with Crippen LogP contribution in [-0.2, 0) is 9.22 Å². The second-order valence-corrected chi connectivity index (χ2v) is 16.3. The van der Waals surface area contributed by atoms with E-state index in [9.17, 15) is 4.79 Å². The van der Waals surface area contributed by atoms with Crippen molar-refractivity contribution in [1.29, 1.82) is 0 Å². The van der Waals surface area contributed by atoms with Crippen molar-refractivity contribution in [2.45, 2.75) is 71.0 Å². The van der Waals surface area contributed by atoms with E-state index < -0.39 is 8.32 Å². The number of carbonyl (C=O) groups excluding carboxylic acids is 1. The maximum atomic E-state index is 12.7. The minimum atomic E-state index is -2.07. The Morgan fingerprint density at radius 2 is 1.59 bits per heavy atom. The molecule has 0 heterocycles. The maximum absolute atomic E-state index is 12.7. The molecule has 0 N–H and O–H groups in total. The third-order valence-electron chi connectivity index (χ3n) is 7.72. The van der Waals surface area contributed by atoms with Crippen LogP contribution < -0.4 is 4.74 Å². The molecule has 0 radical (unpaired) electrons. The van der Waals surface area contributed by atoms with Crippen molar-refractivity contribution in [2.75, 3.05) is 7.11 Å². The summed E-state index contributed by atoms with van der Waals surface area (Å²) in [5.41, 5.74) is 2.34. The highest BCUT2D eigenvalue weighted by atomic mass is 28.4. The van der Waals surface area contributed by atoms with Gasteiger partial charge in [-0.25, -0.2) is 0 Å². The van der Waals surface area contributed by atoms with Gasteiger partial charge in [-0.1, -0.05) is 77.1 Å². The topological polar surface area (TPSA) is 35.5 Å². The number of carbonyl (C=O) groups is 1. The number of aldehydes is 1. The smallest absolute Gasteiger partial charge is 0.250 e. The molecule has 184 valence electrons. The Hall–Kier alpha value is -2.33. The van der Waals surface area contributed by atoms with Crippen LogP contribution in [0.3, 0.4) is 0 Å². The Morgan fingerprint density at radius 3 is 2.09 bits per heavy atom. The van der Waals surface area contributed by atoms with Crippen LogP contribution in [0.4, 0.5) is 0 Å². The van der Waals surface area contributed by atoms with Gasteiger partial charge in [0.15, 0.2) is 0 Å². The van der Waals surface area contributed by atoms with Gasteiger partial charge in [0.2, 0.25) is 8.32 Å². The van der Waals surface area contributed by atoms with Gasteiger partial charge in [-0.05, 0) is 59.8 Å². The summed E-state index contributed by atoms with van der Waals surface area (Å²) in [4.78, 5) is 12.7. The second-order valence-electron chi connectivity index (χ2n) is 11.6. The van der Waals surface area contributed by atoms with Gasteiger partial charge in [-0.3, -0.25) is 0 Å². The molecular formula is C30H42O3Si. The van der Waals surface area contributed by atoms with Crippen molar-refractivity contribution in [2.24, 2.45) is 17.8 Å². The monoisotopic (exact) mass is 478 g/mol. The SMILES string of the molecule is COc1ccc([C@@H]2C=C(O[Si](C)(C)C(C)(C)C)[C@H](CC(C)C)[C@H](c3ccccc3)C2C=O)cc1. The second kappa shape index (κ2) is 10.5. The van der Waals surface area contributed by atoms with Crippen molar-refractivity contribution in [3.05, 3.63) is 77.6 Å². The Labute approximate surface area is 207 Å². The van der Waals surface area contributed by atoms with Gasteiger partial charge in [-0.2, -0.15) is 0 Å². The molecule has 1 unspecified atom stereocenters. The Morgan fingerprint density at radius 1 is 0.971 bits per heavy atom. The lowest BCUT2D eigenvalue weighted by Crippen LogP contribution is -2.43. The summed E-state index contributed by atoms with van der Waals surface area (Å²) in [5.74, 6) is 2.42. The first-order valence-corrected chi connectivity index (χ1v) is 15.4. The molecule has 0 aromatic heterocycles. The predicted octanol–water partition coefficient (Wildman–Crippen LogP) is 7.96. The fraction of sp³-hybridized carbons (Fsp3) is 0.500. The standard InChI is InChI=1S/C30H42O3Si/c1-21(2)18-26-28(33-34(7,8)30(3,4)5)19-25(22-14-16-24(32-6)17-15-22)27(20-31)29(26)23-12-10-9-11-13-23/h9-17,19-21,25-27,29H,18H2,1-8H3/t25-,26-,27?,29-/m0/s1. The van der Waals surface area contributed by atoms with E-state index in [1.807, 2.05) is 18.2 Å². The summed E-state index contributed by atoms with van der Waals surface area (Å²) in [5, 5.41) is 0.0928. The first-order chi connectivity index (χ1) is 16.0. The molecule has 0 saturated carbocycles. The van der Waals surface area contributed by atoms with Crippen molar-refractivity contribution < 1.29 is 14.0 Å². The fourth-order valence-electron chi connectivity index (χ4n) is 4.85. The van der Waals surface area contributed by atoms with E-state index >= 15 is 0 Å². The largest absolute Gasteiger partial charge is 0.547 e. The van der Waals surface area contributed by atoms with Crippen molar-refractivity contribution >= 4 is 14.6 Å².